The number of rotatable bonds is 7. The van der Waals surface area contributed by atoms with Crippen LogP contribution in [0.5, 0.6) is 11.6 Å². The lowest BCUT2D eigenvalue weighted by Gasteiger charge is -2.15. The van der Waals surface area contributed by atoms with Gasteiger partial charge in [-0.3, -0.25) is 0 Å². The minimum absolute atomic E-state index is 0.0929. The Morgan fingerprint density at radius 1 is 1.39 bits per heavy atom. The minimum atomic E-state index is -0.0929. The van der Waals surface area contributed by atoms with Gasteiger partial charge in [-0.05, 0) is 31.7 Å². The number of hydrogen-bond donors (Lipinski definition) is 1. The number of methoxy groups -OCH3 is 1. The molecular weight excluding hydrogens is 234 g/mol. The largest absolute Gasteiger partial charge is 0.475 e. The summed E-state index contributed by atoms with van der Waals surface area (Å²) in [6.07, 6.45) is 2.29. The Bertz CT molecular complexity index is 404. The molecule has 1 N–H and O–H groups in total. The van der Waals surface area contributed by atoms with Crippen molar-refractivity contribution < 1.29 is 19.3 Å². The maximum absolute atomic E-state index is 9.24. The highest BCUT2D eigenvalue weighted by atomic mass is 16.7. The van der Waals surface area contributed by atoms with E-state index in [0.717, 1.165) is 18.4 Å². The molecule has 2 rings (SSSR count). The van der Waals surface area contributed by atoms with Gasteiger partial charge in [-0.25, -0.2) is 4.98 Å². The summed E-state index contributed by atoms with van der Waals surface area (Å²) < 4.78 is 16.0. The molecule has 0 atom stereocenters. The summed E-state index contributed by atoms with van der Waals surface area (Å²) in [4.78, 5) is 4.25. The van der Waals surface area contributed by atoms with Crippen molar-refractivity contribution >= 4 is 0 Å². The van der Waals surface area contributed by atoms with Crippen LogP contribution in [0.1, 0.15) is 36.9 Å². The zero-order valence-electron chi connectivity index (χ0n) is 10.8. The molecule has 1 aromatic rings. The molecule has 1 aliphatic carbocycles. The normalized spacial score (nSPS) is 14.6. The number of aromatic nitrogens is 1. The molecule has 1 aromatic heterocycles. The zero-order valence-corrected chi connectivity index (χ0v) is 10.8. The second kappa shape index (κ2) is 6.02. The van der Waals surface area contributed by atoms with Crippen LogP contribution in [0.4, 0.5) is 0 Å². The molecule has 0 saturated heterocycles. The van der Waals surface area contributed by atoms with Gasteiger partial charge in [0, 0.05) is 12.7 Å². The van der Waals surface area contributed by atoms with E-state index < -0.39 is 0 Å². The van der Waals surface area contributed by atoms with E-state index >= 15 is 0 Å². The number of hydrogen-bond acceptors (Lipinski definition) is 5. The lowest BCUT2D eigenvalue weighted by atomic mass is 10.1. The molecule has 5 nitrogen and oxygen atoms in total. The van der Waals surface area contributed by atoms with Gasteiger partial charge >= 0.3 is 0 Å². The number of ether oxygens (including phenoxy) is 3. The van der Waals surface area contributed by atoms with Crippen LogP contribution in [0.15, 0.2) is 6.07 Å². The van der Waals surface area contributed by atoms with Gasteiger partial charge in [-0.1, -0.05) is 0 Å². The molecule has 0 bridgehead atoms. The van der Waals surface area contributed by atoms with Crippen molar-refractivity contribution in [2.24, 2.45) is 0 Å². The molecule has 1 heterocycles. The molecular formula is C13H19NO4. The Morgan fingerprint density at radius 2 is 2.17 bits per heavy atom. The van der Waals surface area contributed by atoms with E-state index in [0.29, 0.717) is 29.8 Å². The van der Waals surface area contributed by atoms with Crippen LogP contribution >= 0.6 is 0 Å². The molecule has 0 unspecified atom stereocenters. The van der Waals surface area contributed by atoms with Gasteiger partial charge in [0.15, 0.2) is 12.5 Å². The van der Waals surface area contributed by atoms with Crippen molar-refractivity contribution in [3.8, 4) is 11.6 Å². The summed E-state index contributed by atoms with van der Waals surface area (Å²) in [5.74, 6) is 1.59. The Hall–Kier alpha value is -1.33. The summed E-state index contributed by atoms with van der Waals surface area (Å²) in [5.41, 5.74) is 1.68. The smallest absolute Gasteiger partial charge is 0.257 e. The van der Waals surface area contributed by atoms with Crippen LogP contribution < -0.4 is 9.47 Å². The van der Waals surface area contributed by atoms with Gasteiger partial charge < -0.3 is 19.3 Å². The fraction of sp³-hybridized carbons (Fsp3) is 0.615. The molecule has 5 heteroatoms. The van der Waals surface area contributed by atoms with E-state index in [4.69, 9.17) is 14.2 Å². The van der Waals surface area contributed by atoms with Gasteiger partial charge in [0.1, 0.15) is 0 Å². The second-order valence-corrected chi connectivity index (χ2v) is 4.25. The minimum Gasteiger partial charge on any atom is -0.475 e. The van der Waals surface area contributed by atoms with E-state index in [1.54, 1.807) is 7.11 Å². The highest BCUT2D eigenvalue weighted by Crippen LogP contribution is 2.47. The Morgan fingerprint density at radius 3 is 2.72 bits per heavy atom. The predicted molar refractivity (Wildman–Crippen MR) is 65.8 cm³/mol. The molecule has 0 aromatic carbocycles. The van der Waals surface area contributed by atoms with Gasteiger partial charge in [0.2, 0.25) is 0 Å². The maximum Gasteiger partial charge on any atom is 0.257 e. The maximum atomic E-state index is 9.24. The SMILES string of the molecule is CCOc1nc(CO)cc(C2CC2)c1OCOC. The van der Waals surface area contributed by atoms with E-state index in [9.17, 15) is 5.11 Å². The lowest BCUT2D eigenvalue weighted by molar-refractivity contribution is 0.0473. The van der Waals surface area contributed by atoms with Crippen molar-refractivity contribution in [3.05, 3.63) is 17.3 Å². The van der Waals surface area contributed by atoms with Crippen LogP contribution in [0.25, 0.3) is 0 Å². The quantitative estimate of drug-likeness (QED) is 0.751. The molecule has 100 valence electrons. The zero-order chi connectivity index (χ0) is 13.0. The Balaban J connectivity index is 2.35. The van der Waals surface area contributed by atoms with Crippen LogP contribution in [0.2, 0.25) is 0 Å². The third kappa shape index (κ3) is 2.91. The van der Waals surface area contributed by atoms with Crippen molar-refractivity contribution in [1.29, 1.82) is 0 Å². The van der Waals surface area contributed by atoms with Crippen LogP contribution in [0, 0.1) is 0 Å². The molecule has 0 radical (unpaired) electrons. The molecule has 1 saturated carbocycles. The fourth-order valence-electron chi connectivity index (χ4n) is 1.86. The standard InChI is InChI=1S/C13H19NO4/c1-3-17-13-12(18-8-16-2)11(9-4-5-9)6-10(7-15)14-13/h6,9,15H,3-5,7-8H2,1-2H3. The van der Waals surface area contributed by atoms with Gasteiger partial charge in [0.25, 0.3) is 5.88 Å². The monoisotopic (exact) mass is 253 g/mol. The number of aliphatic hydroxyl groups excluding tert-OH is 1. The third-order valence-electron chi connectivity index (χ3n) is 2.81. The predicted octanol–water partition coefficient (Wildman–Crippen LogP) is 1.83. The van der Waals surface area contributed by atoms with Crippen LogP contribution in [0.3, 0.4) is 0 Å². The van der Waals surface area contributed by atoms with Gasteiger partial charge in [0.05, 0.1) is 18.9 Å². The average Bonchev–Trinajstić information content (AvgIpc) is 3.21. The van der Waals surface area contributed by atoms with Crippen molar-refractivity contribution in [3.63, 3.8) is 0 Å². The fourth-order valence-corrected chi connectivity index (χ4v) is 1.86. The van der Waals surface area contributed by atoms with Crippen LogP contribution in [-0.2, 0) is 11.3 Å². The first-order valence-electron chi connectivity index (χ1n) is 6.19. The van der Waals surface area contributed by atoms with E-state index in [1.807, 2.05) is 13.0 Å². The number of aliphatic hydroxyl groups is 1. The average molecular weight is 253 g/mol. The lowest BCUT2D eigenvalue weighted by Crippen LogP contribution is -2.07. The first kappa shape index (κ1) is 13.1. The van der Waals surface area contributed by atoms with E-state index in [-0.39, 0.29) is 13.4 Å². The number of nitrogens with zero attached hydrogens (tertiary/aromatic N) is 1. The van der Waals surface area contributed by atoms with E-state index in [1.165, 1.54) is 0 Å². The first-order chi connectivity index (χ1) is 8.80. The van der Waals surface area contributed by atoms with E-state index in [2.05, 4.69) is 4.98 Å². The summed E-state index contributed by atoms with van der Waals surface area (Å²) >= 11 is 0. The molecule has 18 heavy (non-hydrogen) atoms. The molecule has 0 aliphatic heterocycles. The molecule has 0 amide bonds. The molecule has 1 fully saturated rings. The topological polar surface area (TPSA) is 60.8 Å². The Labute approximate surface area is 107 Å². The van der Waals surface area contributed by atoms with Crippen molar-refractivity contribution in [2.45, 2.75) is 32.3 Å². The highest BCUT2D eigenvalue weighted by Gasteiger charge is 2.30. The number of pyridine rings is 1. The first-order valence-corrected chi connectivity index (χ1v) is 6.19. The summed E-state index contributed by atoms with van der Waals surface area (Å²) in [5, 5.41) is 9.24. The van der Waals surface area contributed by atoms with Crippen molar-refractivity contribution in [1.82, 2.24) is 4.98 Å². The summed E-state index contributed by atoms with van der Waals surface area (Å²) in [7, 11) is 1.58. The van der Waals surface area contributed by atoms with Crippen LogP contribution in [-0.4, -0.2) is 30.6 Å². The second-order valence-electron chi connectivity index (χ2n) is 4.25. The third-order valence-corrected chi connectivity index (χ3v) is 2.81. The Kier molecular flexibility index (Phi) is 4.38. The van der Waals surface area contributed by atoms with Gasteiger partial charge in [-0.15, -0.1) is 0 Å². The molecule has 1 aliphatic rings. The summed E-state index contributed by atoms with van der Waals surface area (Å²) in [6.45, 7) is 2.48. The van der Waals surface area contributed by atoms with Crippen molar-refractivity contribution in [2.75, 3.05) is 20.5 Å². The molecule has 0 spiro atoms. The highest BCUT2D eigenvalue weighted by molar-refractivity contribution is 5.47. The van der Waals surface area contributed by atoms with Gasteiger partial charge in [-0.2, -0.15) is 0 Å². The summed E-state index contributed by atoms with van der Waals surface area (Å²) in [6, 6.07) is 1.89.